The number of benzene rings is 1. The first-order valence-electron chi connectivity index (χ1n) is 7.41. The summed E-state index contributed by atoms with van der Waals surface area (Å²) in [6.07, 6.45) is 3.86. The summed E-state index contributed by atoms with van der Waals surface area (Å²) < 4.78 is 22.2. The molecule has 1 aliphatic carbocycles. The molecule has 2 atom stereocenters. The number of hydrogen-bond acceptors (Lipinski definition) is 6. The van der Waals surface area contributed by atoms with Crippen LogP contribution in [0.3, 0.4) is 0 Å². The summed E-state index contributed by atoms with van der Waals surface area (Å²) in [6.45, 7) is 0. The third-order valence-electron chi connectivity index (χ3n) is 4.72. The SMILES string of the molecule is COc1cc2c(c3oc(=O)c4c(c13)CCC4=O)[C@@H]1C=COC1O2. The Hall–Kier alpha value is -2.76. The molecule has 3 aliphatic rings. The Morgan fingerprint density at radius 1 is 1.26 bits per heavy atom. The second-order valence-corrected chi connectivity index (χ2v) is 5.84. The molecule has 6 heteroatoms. The van der Waals surface area contributed by atoms with E-state index in [4.69, 9.17) is 18.6 Å². The van der Waals surface area contributed by atoms with Crippen molar-refractivity contribution in [3.63, 3.8) is 0 Å². The van der Waals surface area contributed by atoms with E-state index in [-0.39, 0.29) is 17.3 Å². The van der Waals surface area contributed by atoms with Crippen LogP contribution >= 0.6 is 0 Å². The Kier molecular flexibility index (Phi) is 2.30. The van der Waals surface area contributed by atoms with E-state index in [0.717, 1.165) is 5.56 Å². The molecular weight excluding hydrogens is 300 g/mol. The van der Waals surface area contributed by atoms with Gasteiger partial charge in [0.05, 0.1) is 30.2 Å². The van der Waals surface area contributed by atoms with E-state index in [9.17, 15) is 9.59 Å². The fourth-order valence-electron chi connectivity index (χ4n) is 3.72. The largest absolute Gasteiger partial charge is 0.496 e. The lowest BCUT2D eigenvalue weighted by Gasteiger charge is -2.12. The van der Waals surface area contributed by atoms with Gasteiger partial charge in [0, 0.05) is 12.5 Å². The van der Waals surface area contributed by atoms with Gasteiger partial charge in [0.1, 0.15) is 22.6 Å². The highest BCUT2D eigenvalue weighted by Gasteiger charge is 2.41. The van der Waals surface area contributed by atoms with Gasteiger partial charge in [0.15, 0.2) is 5.78 Å². The molecule has 0 N–H and O–H groups in total. The van der Waals surface area contributed by atoms with Crippen molar-refractivity contribution in [1.82, 2.24) is 0 Å². The molecule has 2 aromatic rings. The second kappa shape index (κ2) is 4.16. The third kappa shape index (κ3) is 1.48. The summed E-state index contributed by atoms with van der Waals surface area (Å²) in [6, 6.07) is 1.77. The molecule has 0 radical (unpaired) electrons. The van der Waals surface area contributed by atoms with E-state index in [1.807, 2.05) is 6.08 Å². The maximum absolute atomic E-state index is 12.3. The van der Waals surface area contributed by atoms with E-state index >= 15 is 0 Å². The van der Waals surface area contributed by atoms with Gasteiger partial charge in [-0.05, 0) is 18.1 Å². The molecule has 0 saturated heterocycles. The number of fused-ring (bicyclic) bond motifs is 7. The summed E-state index contributed by atoms with van der Waals surface area (Å²) in [4.78, 5) is 24.3. The van der Waals surface area contributed by atoms with E-state index in [1.54, 1.807) is 19.4 Å². The maximum atomic E-state index is 12.3. The van der Waals surface area contributed by atoms with E-state index < -0.39 is 11.9 Å². The van der Waals surface area contributed by atoms with Crippen LogP contribution in [-0.2, 0) is 11.2 Å². The van der Waals surface area contributed by atoms with Gasteiger partial charge >= 0.3 is 5.63 Å². The van der Waals surface area contributed by atoms with Gasteiger partial charge in [-0.1, -0.05) is 0 Å². The molecule has 0 fully saturated rings. The van der Waals surface area contributed by atoms with E-state index in [0.29, 0.717) is 40.9 Å². The number of hydrogen-bond donors (Lipinski definition) is 0. The van der Waals surface area contributed by atoms with Crippen LogP contribution in [0.4, 0.5) is 0 Å². The van der Waals surface area contributed by atoms with Crippen LogP contribution < -0.4 is 15.1 Å². The van der Waals surface area contributed by atoms with E-state index in [1.165, 1.54) is 0 Å². The molecule has 3 heterocycles. The molecule has 5 rings (SSSR count). The van der Waals surface area contributed by atoms with Crippen LogP contribution in [0.2, 0.25) is 0 Å². The Balaban J connectivity index is 1.94. The quantitative estimate of drug-likeness (QED) is 0.752. The highest BCUT2D eigenvalue weighted by Crippen LogP contribution is 2.50. The summed E-state index contributed by atoms with van der Waals surface area (Å²) in [5.41, 5.74) is 1.49. The minimum absolute atomic E-state index is 0.128. The number of ether oxygens (including phenoxy) is 3. The highest BCUT2D eigenvalue weighted by molar-refractivity contribution is 6.06. The maximum Gasteiger partial charge on any atom is 0.347 e. The first-order chi connectivity index (χ1) is 11.2. The molecule has 0 saturated carbocycles. The lowest BCUT2D eigenvalue weighted by Crippen LogP contribution is -2.14. The van der Waals surface area contributed by atoms with Crippen LogP contribution in [0.25, 0.3) is 11.0 Å². The van der Waals surface area contributed by atoms with Crippen molar-refractivity contribution in [2.75, 3.05) is 7.11 Å². The number of ketones is 1. The minimum atomic E-state index is -0.586. The molecule has 1 aromatic carbocycles. The molecule has 0 amide bonds. The van der Waals surface area contributed by atoms with Gasteiger partial charge < -0.3 is 18.6 Å². The van der Waals surface area contributed by atoms with Crippen LogP contribution in [0, 0.1) is 0 Å². The monoisotopic (exact) mass is 312 g/mol. The van der Waals surface area contributed by atoms with Crippen LogP contribution in [0.15, 0.2) is 27.6 Å². The first-order valence-corrected chi connectivity index (χ1v) is 7.41. The van der Waals surface area contributed by atoms with Gasteiger partial charge in [0.2, 0.25) is 0 Å². The van der Waals surface area contributed by atoms with Crippen molar-refractivity contribution in [2.24, 2.45) is 0 Å². The summed E-state index contributed by atoms with van der Waals surface area (Å²) >= 11 is 0. The van der Waals surface area contributed by atoms with Gasteiger partial charge in [-0.2, -0.15) is 0 Å². The standard InChI is InChI=1S/C17H12O6/c1-20-10-6-11-14(8-4-5-21-17(8)22-11)15-13(10)7-2-3-9(18)12(7)16(19)23-15/h4-6,8,17H,2-3H2,1H3/t8-,17?/m0/s1. The summed E-state index contributed by atoms with van der Waals surface area (Å²) in [5.74, 6) is 0.826. The molecule has 23 heavy (non-hydrogen) atoms. The Labute approximate surface area is 130 Å². The van der Waals surface area contributed by atoms with Gasteiger partial charge in [-0.15, -0.1) is 0 Å². The molecule has 0 bridgehead atoms. The molecular formula is C17H12O6. The van der Waals surface area contributed by atoms with Crippen molar-refractivity contribution >= 4 is 16.8 Å². The number of rotatable bonds is 1. The molecule has 6 nitrogen and oxygen atoms in total. The highest BCUT2D eigenvalue weighted by atomic mass is 16.7. The van der Waals surface area contributed by atoms with Crippen molar-refractivity contribution in [3.8, 4) is 11.5 Å². The number of methoxy groups -OCH3 is 1. The zero-order chi connectivity index (χ0) is 15.7. The lowest BCUT2D eigenvalue weighted by molar-refractivity contribution is -0.00485. The van der Waals surface area contributed by atoms with Crippen LogP contribution in [0.5, 0.6) is 11.5 Å². The molecule has 1 aromatic heterocycles. The Morgan fingerprint density at radius 2 is 2.13 bits per heavy atom. The topological polar surface area (TPSA) is 75.0 Å². The molecule has 1 unspecified atom stereocenters. The number of carbonyl (C=O) groups excluding carboxylic acids is 1. The van der Waals surface area contributed by atoms with Crippen molar-refractivity contribution in [2.45, 2.75) is 25.0 Å². The zero-order valence-electron chi connectivity index (χ0n) is 12.3. The fraction of sp³-hybridized carbons (Fsp3) is 0.294. The van der Waals surface area contributed by atoms with Crippen molar-refractivity contribution in [1.29, 1.82) is 0 Å². The predicted octanol–water partition coefficient (Wildman–Crippen LogP) is 2.28. The van der Waals surface area contributed by atoms with Gasteiger partial charge in [-0.3, -0.25) is 4.79 Å². The average Bonchev–Trinajstić information content (AvgIpc) is 3.20. The normalized spacial score (nSPS) is 23.4. The number of Topliss-reactive ketones (excluding diaryl/α,β-unsaturated/α-hetero) is 1. The lowest BCUT2D eigenvalue weighted by atomic mass is 9.95. The van der Waals surface area contributed by atoms with Gasteiger partial charge in [0.25, 0.3) is 6.29 Å². The second-order valence-electron chi connectivity index (χ2n) is 5.84. The first kappa shape index (κ1) is 12.8. The summed E-state index contributed by atoms with van der Waals surface area (Å²) in [5, 5.41) is 0.691. The predicted molar refractivity (Wildman–Crippen MR) is 79.1 cm³/mol. The number of carbonyl (C=O) groups is 1. The van der Waals surface area contributed by atoms with E-state index in [2.05, 4.69) is 0 Å². The summed E-state index contributed by atoms with van der Waals surface area (Å²) in [7, 11) is 1.54. The zero-order valence-corrected chi connectivity index (χ0v) is 12.3. The Morgan fingerprint density at radius 3 is 2.96 bits per heavy atom. The third-order valence-corrected chi connectivity index (χ3v) is 4.72. The van der Waals surface area contributed by atoms with Gasteiger partial charge in [-0.25, -0.2) is 4.79 Å². The molecule has 0 spiro atoms. The average molecular weight is 312 g/mol. The van der Waals surface area contributed by atoms with Crippen LogP contribution in [-0.4, -0.2) is 19.2 Å². The van der Waals surface area contributed by atoms with Crippen LogP contribution in [0.1, 0.15) is 33.8 Å². The molecule has 116 valence electrons. The molecule has 2 aliphatic heterocycles. The Bertz CT molecular complexity index is 967. The fourth-order valence-corrected chi connectivity index (χ4v) is 3.72. The number of aryl methyl sites for hydroxylation is 1. The van der Waals surface area contributed by atoms with Crippen molar-refractivity contribution < 1.29 is 23.4 Å². The smallest absolute Gasteiger partial charge is 0.347 e. The van der Waals surface area contributed by atoms with Crippen molar-refractivity contribution in [3.05, 3.63) is 45.5 Å². The minimum Gasteiger partial charge on any atom is -0.496 e.